The van der Waals surface area contributed by atoms with Crippen LogP contribution in [0.5, 0.6) is 0 Å². The zero-order valence-corrected chi connectivity index (χ0v) is 14.3. The number of nitrogens with zero attached hydrogens (tertiary/aromatic N) is 2. The highest BCUT2D eigenvalue weighted by Crippen LogP contribution is 2.35. The van der Waals surface area contributed by atoms with Crippen molar-refractivity contribution in [1.82, 2.24) is 9.97 Å². The number of halogens is 1. The molecule has 4 rings (SSSR count). The molecule has 3 N–H and O–H groups in total. The molecule has 0 saturated carbocycles. The van der Waals surface area contributed by atoms with Crippen molar-refractivity contribution >= 4 is 38.1 Å². The summed E-state index contributed by atoms with van der Waals surface area (Å²) >= 11 is 1.38. The number of fused-ring (bicyclic) bond motifs is 1. The lowest BCUT2D eigenvalue weighted by molar-refractivity contribution is 0.632. The highest BCUT2D eigenvalue weighted by Gasteiger charge is 2.12. The van der Waals surface area contributed by atoms with Crippen molar-refractivity contribution in [3.8, 4) is 23.7 Å². The summed E-state index contributed by atoms with van der Waals surface area (Å²) in [5.74, 6) is 3.15. The Kier molecular flexibility index (Phi) is 3.99. The van der Waals surface area contributed by atoms with Crippen molar-refractivity contribution in [3.05, 3.63) is 66.0 Å². The Bertz CT molecular complexity index is 1160. The highest BCUT2D eigenvalue weighted by atomic mass is 32.1. The Morgan fingerprint density at radius 2 is 1.92 bits per heavy atom. The minimum absolute atomic E-state index is 0.323. The molecule has 0 radical (unpaired) electrons. The van der Waals surface area contributed by atoms with Gasteiger partial charge in [-0.1, -0.05) is 41.5 Å². The summed E-state index contributed by atoms with van der Waals surface area (Å²) in [4.78, 5) is 9.70. The lowest BCUT2D eigenvalue weighted by Crippen LogP contribution is -1.96. The van der Waals surface area contributed by atoms with Gasteiger partial charge >= 0.3 is 0 Å². The average Bonchev–Trinajstić information content (AvgIpc) is 3.07. The third-order valence-corrected chi connectivity index (χ3v) is 4.79. The normalized spacial score (nSPS) is 10.6. The number of nitrogens with two attached hydrogens (primary N) is 1. The number of benzene rings is 2. The number of terminal acetylenes is 1. The van der Waals surface area contributed by atoms with Crippen LogP contribution in [0.25, 0.3) is 21.6 Å². The second-order valence-corrected chi connectivity index (χ2v) is 6.62. The SMILES string of the molecule is C#Cc1cccc(-c2nc(N)c3cc(Nc4ccccc4F)sc3n2)c1. The Hall–Kier alpha value is -3.43. The summed E-state index contributed by atoms with van der Waals surface area (Å²) < 4.78 is 13.8. The number of para-hydroxylation sites is 1. The fourth-order valence-corrected chi connectivity index (χ4v) is 3.53. The van der Waals surface area contributed by atoms with E-state index in [0.29, 0.717) is 17.3 Å². The molecule has 0 aliphatic carbocycles. The molecule has 2 heterocycles. The number of aromatic nitrogens is 2. The van der Waals surface area contributed by atoms with Gasteiger partial charge < -0.3 is 11.1 Å². The number of nitrogens with one attached hydrogen (secondary N) is 1. The number of hydrogen-bond acceptors (Lipinski definition) is 5. The van der Waals surface area contributed by atoms with E-state index in [1.807, 2.05) is 30.3 Å². The summed E-state index contributed by atoms with van der Waals surface area (Å²) in [7, 11) is 0. The molecule has 0 aliphatic heterocycles. The van der Waals surface area contributed by atoms with E-state index < -0.39 is 0 Å². The predicted molar refractivity (Wildman–Crippen MR) is 105 cm³/mol. The van der Waals surface area contributed by atoms with Gasteiger partial charge in [-0.2, -0.15) is 0 Å². The Morgan fingerprint density at radius 1 is 1.08 bits per heavy atom. The summed E-state index contributed by atoms with van der Waals surface area (Å²) in [6.45, 7) is 0. The van der Waals surface area contributed by atoms with Crippen LogP contribution in [-0.2, 0) is 0 Å². The second kappa shape index (κ2) is 6.47. The first-order valence-corrected chi connectivity index (χ1v) is 8.61. The van der Waals surface area contributed by atoms with Crippen LogP contribution < -0.4 is 11.1 Å². The molecule has 126 valence electrons. The number of anilines is 3. The van der Waals surface area contributed by atoms with Crippen LogP contribution in [-0.4, -0.2) is 9.97 Å². The largest absolute Gasteiger partial charge is 0.383 e. The van der Waals surface area contributed by atoms with Crippen LogP contribution >= 0.6 is 11.3 Å². The molecule has 0 saturated heterocycles. The molecule has 0 fully saturated rings. The summed E-state index contributed by atoms with van der Waals surface area (Å²) in [6, 6.07) is 15.7. The number of hydrogen-bond donors (Lipinski definition) is 2. The quantitative estimate of drug-likeness (QED) is 0.515. The molecule has 0 bridgehead atoms. The maximum atomic E-state index is 13.8. The monoisotopic (exact) mass is 360 g/mol. The van der Waals surface area contributed by atoms with E-state index in [9.17, 15) is 4.39 Å². The van der Waals surface area contributed by atoms with Crippen molar-refractivity contribution in [3.63, 3.8) is 0 Å². The maximum Gasteiger partial charge on any atom is 0.163 e. The minimum atomic E-state index is -0.323. The minimum Gasteiger partial charge on any atom is -0.383 e. The lowest BCUT2D eigenvalue weighted by atomic mass is 10.1. The van der Waals surface area contributed by atoms with Gasteiger partial charge in [0.05, 0.1) is 16.1 Å². The van der Waals surface area contributed by atoms with Gasteiger partial charge in [-0.05, 0) is 30.3 Å². The van der Waals surface area contributed by atoms with Gasteiger partial charge in [0.25, 0.3) is 0 Å². The number of thiophene rings is 1. The van der Waals surface area contributed by atoms with E-state index in [-0.39, 0.29) is 5.82 Å². The average molecular weight is 360 g/mol. The van der Waals surface area contributed by atoms with Gasteiger partial charge in [0.15, 0.2) is 5.82 Å². The zero-order valence-electron chi connectivity index (χ0n) is 13.5. The van der Waals surface area contributed by atoms with Crippen molar-refractivity contribution in [2.45, 2.75) is 0 Å². The van der Waals surface area contributed by atoms with Gasteiger partial charge in [0.1, 0.15) is 16.5 Å². The molecule has 2 aromatic carbocycles. The fraction of sp³-hybridized carbons (Fsp3) is 0. The van der Waals surface area contributed by atoms with E-state index in [4.69, 9.17) is 12.2 Å². The molecule has 0 unspecified atom stereocenters. The molecule has 0 spiro atoms. The topological polar surface area (TPSA) is 63.8 Å². The Balaban J connectivity index is 1.76. The first kappa shape index (κ1) is 16.1. The van der Waals surface area contributed by atoms with Gasteiger partial charge in [-0.15, -0.1) is 6.42 Å². The molecule has 0 amide bonds. The summed E-state index contributed by atoms with van der Waals surface area (Å²) in [5, 5.41) is 4.52. The van der Waals surface area contributed by atoms with E-state index in [1.54, 1.807) is 18.2 Å². The number of nitrogen functional groups attached to an aromatic ring is 1. The first-order chi connectivity index (χ1) is 12.6. The van der Waals surface area contributed by atoms with Crippen molar-refractivity contribution in [2.24, 2.45) is 0 Å². The van der Waals surface area contributed by atoms with Crippen LogP contribution in [0.15, 0.2) is 54.6 Å². The zero-order chi connectivity index (χ0) is 18.1. The fourth-order valence-electron chi connectivity index (χ4n) is 2.58. The highest BCUT2D eigenvalue weighted by molar-refractivity contribution is 7.22. The van der Waals surface area contributed by atoms with Crippen LogP contribution in [0.4, 0.5) is 20.9 Å². The van der Waals surface area contributed by atoms with Gasteiger partial charge in [0.2, 0.25) is 0 Å². The third-order valence-electron chi connectivity index (χ3n) is 3.84. The van der Waals surface area contributed by atoms with E-state index >= 15 is 0 Å². The summed E-state index contributed by atoms with van der Waals surface area (Å²) in [5.41, 5.74) is 8.06. The van der Waals surface area contributed by atoms with Crippen LogP contribution in [0, 0.1) is 18.2 Å². The molecule has 26 heavy (non-hydrogen) atoms. The van der Waals surface area contributed by atoms with Crippen LogP contribution in [0.2, 0.25) is 0 Å². The standard InChI is InChI=1S/C20H13FN4S/c1-2-12-6-5-7-13(10-12)19-24-18(22)14-11-17(26-20(14)25-19)23-16-9-4-3-8-15(16)21/h1,3-11,23H,(H2,22,24,25). The Morgan fingerprint density at radius 3 is 2.73 bits per heavy atom. The third kappa shape index (κ3) is 2.96. The first-order valence-electron chi connectivity index (χ1n) is 7.80. The van der Waals surface area contributed by atoms with Crippen molar-refractivity contribution in [2.75, 3.05) is 11.1 Å². The molecule has 4 nitrogen and oxygen atoms in total. The molecular formula is C20H13FN4S. The lowest BCUT2D eigenvalue weighted by Gasteiger charge is -2.03. The molecule has 6 heteroatoms. The predicted octanol–water partition coefficient (Wildman–Crippen LogP) is 4.80. The second-order valence-electron chi connectivity index (χ2n) is 5.59. The van der Waals surface area contributed by atoms with Gasteiger partial charge in [-0.3, -0.25) is 0 Å². The van der Waals surface area contributed by atoms with Crippen LogP contribution in [0.3, 0.4) is 0 Å². The van der Waals surface area contributed by atoms with Crippen molar-refractivity contribution < 1.29 is 4.39 Å². The Labute approximate surface area is 153 Å². The van der Waals surface area contributed by atoms with Gasteiger partial charge in [0, 0.05) is 11.1 Å². The molecule has 0 atom stereocenters. The maximum absolute atomic E-state index is 13.8. The molecular weight excluding hydrogens is 347 g/mol. The molecule has 4 aromatic rings. The van der Waals surface area contributed by atoms with E-state index in [0.717, 1.165) is 26.3 Å². The van der Waals surface area contributed by atoms with E-state index in [2.05, 4.69) is 21.2 Å². The van der Waals surface area contributed by atoms with Crippen molar-refractivity contribution in [1.29, 1.82) is 0 Å². The number of rotatable bonds is 3. The summed E-state index contributed by atoms with van der Waals surface area (Å²) in [6.07, 6.45) is 5.45. The molecule has 2 aromatic heterocycles. The molecule has 0 aliphatic rings. The van der Waals surface area contributed by atoms with Gasteiger partial charge in [-0.25, -0.2) is 14.4 Å². The van der Waals surface area contributed by atoms with E-state index in [1.165, 1.54) is 17.4 Å². The van der Waals surface area contributed by atoms with Crippen LogP contribution in [0.1, 0.15) is 5.56 Å². The smallest absolute Gasteiger partial charge is 0.163 e.